The average Bonchev–Trinajstić information content (AvgIpc) is 3.43. The van der Waals surface area contributed by atoms with Crippen LogP contribution in [0, 0.1) is 11.7 Å². The zero-order valence-electron chi connectivity index (χ0n) is 24.0. The van der Waals surface area contributed by atoms with Crippen LogP contribution < -0.4 is 9.64 Å². The molecule has 2 atom stereocenters. The minimum Gasteiger partial charge on any atom is -0.410 e. The number of carbonyl (C=O) groups is 2. The molecule has 3 aromatic rings. The highest BCUT2D eigenvalue weighted by Gasteiger charge is 2.43. The van der Waals surface area contributed by atoms with Crippen LogP contribution >= 0.6 is 11.6 Å². The molecule has 2 amide bonds. The summed E-state index contributed by atoms with van der Waals surface area (Å²) >= 11 is 6.15. The Labute approximate surface area is 256 Å². The van der Waals surface area contributed by atoms with Crippen LogP contribution in [0.25, 0.3) is 0 Å². The number of anilines is 1. The number of halogens is 2. The first-order valence-corrected chi connectivity index (χ1v) is 16.5. The SMILES string of the molecule is CCN(C(=O)Oc1ccc(F)cc1)[C@@H]1CN(C(=O)C2CCN(c3ccc(S(C)(=O)=O)cn3)CC2)C[C@H]1c1ccc(Cl)cc1. The van der Waals surface area contributed by atoms with Crippen molar-refractivity contribution in [1.82, 2.24) is 14.8 Å². The smallest absolute Gasteiger partial charge is 0.410 e. The standard InChI is InChI=1S/C31H34ClFN4O5S/c1-3-37(31(39)42-25-10-8-24(33)9-11-25)28-20-36(19-27(28)21-4-6-23(32)7-5-21)30(38)22-14-16-35(17-15-22)29-13-12-26(18-34-29)43(2,40)41/h4-13,18,22,27-28H,3,14-17,19-20H2,1-2H3/t27-,28+/m0/s1. The molecule has 0 saturated carbocycles. The van der Waals surface area contributed by atoms with Crippen molar-refractivity contribution in [2.45, 2.75) is 36.6 Å². The van der Waals surface area contributed by atoms with Crippen molar-refractivity contribution >= 4 is 39.3 Å². The van der Waals surface area contributed by atoms with Gasteiger partial charge in [-0.2, -0.15) is 0 Å². The van der Waals surface area contributed by atoms with E-state index in [2.05, 4.69) is 9.88 Å². The van der Waals surface area contributed by atoms with E-state index in [4.69, 9.17) is 16.3 Å². The van der Waals surface area contributed by atoms with E-state index in [9.17, 15) is 22.4 Å². The number of ether oxygens (including phenoxy) is 1. The van der Waals surface area contributed by atoms with Gasteiger partial charge in [-0.15, -0.1) is 0 Å². The summed E-state index contributed by atoms with van der Waals surface area (Å²) in [4.78, 5) is 37.2. The number of likely N-dealkylation sites (N-methyl/N-ethyl adjacent to an activating group) is 1. The molecule has 5 rings (SSSR count). The molecule has 9 nitrogen and oxygen atoms in total. The number of piperidine rings is 1. The molecule has 43 heavy (non-hydrogen) atoms. The molecule has 0 radical (unpaired) electrons. The number of aromatic nitrogens is 1. The number of sulfone groups is 1. The molecular weight excluding hydrogens is 595 g/mol. The van der Waals surface area contributed by atoms with Crippen molar-refractivity contribution in [2.24, 2.45) is 5.92 Å². The fourth-order valence-electron chi connectivity index (χ4n) is 5.87. The summed E-state index contributed by atoms with van der Waals surface area (Å²) in [6.45, 7) is 4.25. The number of likely N-dealkylation sites (tertiary alicyclic amines) is 1. The Morgan fingerprint density at radius 3 is 2.28 bits per heavy atom. The molecule has 2 fully saturated rings. The number of benzene rings is 2. The lowest BCUT2D eigenvalue weighted by Crippen LogP contribution is -2.47. The van der Waals surface area contributed by atoms with Crippen LogP contribution in [0.2, 0.25) is 5.02 Å². The van der Waals surface area contributed by atoms with Crippen molar-refractivity contribution in [2.75, 3.05) is 43.9 Å². The summed E-state index contributed by atoms with van der Waals surface area (Å²) < 4.78 is 42.5. The van der Waals surface area contributed by atoms with Gasteiger partial charge in [0.1, 0.15) is 17.4 Å². The normalized spacial score (nSPS) is 19.3. The van der Waals surface area contributed by atoms with E-state index in [1.165, 1.54) is 30.5 Å². The van der Waals surface area contributed by atoms with Gasteiger partial charge in [-0.1, -0.05) is 23.7 Å². The third kappa shape index (κ3) is 7.10. The number of rotatable bonds is 7. The first-order chi connectivity index (χ1) is 20.5. The number of carbonyl (C=O) groups excluding carboxylic acids is 2. The molecule has 0 N–H and O–H groups in total. The molecule has 2 aliphatic rings. The Morgan fingerprint density at radius 1 is 1.02 bits per heavy atom. The van der Waals surface area contributed by atoms with Crippen LogP contribution in [-0.4, -0.2) is 80.2 Å². The van der Waals surface area contributed by atoms with Gasteiger partial charge in [0.25, 0.3) is 0 Å². The molecule has 1 aromatic heterocycles. The highest BCUT2D eigenvalue weighted by molar-refractivity contribution is 7.90. The minimum atomic E-state index is -3.33. The molecule has 0 unspecified atom stereocenters. The fraction of sp³-hybridized carbons (Fsp3) is 0.387. The number of amides is 2. The topological polar surface area (TPSA) is 100 Å². The summed E-state index contributed by atoms with van der Waals surface area (Å²) in [5.41, 5.74) is 0.969. The van der Waals surface area contributed by atoms with Crippen LogP contribution in [0.3, 0.4) is 0 Å². The highest BCUT2D eigenvalue weighted by Crippen LogP contribution is 2.35. The van der Waals surface area contributed by atoms with Crippen molar-refractivity contribution in [3.05, 3.63) is 83.3 Å². The Hall–Kier alpha value is -3.70. The summed E-state index contributed by atoms with van der Waals surface area (Å²) in [6, 6.07) is 15.7. The van der Waals surface area contributed by atoms with Crippen molar-refractivity contribution in [3.63, 3.8) is 0 Å². The Bertz CT molecular complexity index is 1550. The summed E-state index contributed by atoms with van der Waals surface area (Å²) in [6.07, 6.45) is 3.21. The first kappa shape index (κ1) is 30.7. The summed E-state index contributed by atoms with van der Waals surface area (Å²) in [5.74, 6) is 0.208. The van der Waals surface area contributed by atoms with Gasteiger partial charge < -0.3 is 19.4 Å². The third-order valence-electron chi connectivity index (χ3n) is 8.21. The number of pyridine rings is 1. The zero-order valence-corrected chi connectivity index (χ0v) is 25.6. The third-order valence-corrected chi connectivity index (χ3v) is 9.56. The average molecular weight is 629 g/mol. The number of nitrogens with zero attached hydrogens (tertiary/aromatic N) is 4. The molecule has 228 valence electrons. The lowest BCUT2D eigenvalue weighted by molar-refractivity contribution is -0.135. The monoisotopic (exact) mass is 628 g/mol. The number of hydrogen-bond donors (Lipinski definition) is 0. The fourth-order valence-corrected chi connectivity index (χ4v) is 6.56. The lowest BCUT2D eigenvalue weighted by Gasteiger charge is -2.34. The van der Waals surface area contributed by atoms with Crippen molar-refractivity contribution < 1.29 is 27.1 Å². The van der Waals surface area contributed by atoms with Crippen molar-refractivity contribution in [3.8, 4) is 5.75 Å². The van der Waals surface area contributed by atoms with E-state index < -0.39 is 21.7 Å². The Kier molecular flexibility index (Phi) is 9.22. The van der Waals surface area contributed by atoms with Crippen LogP contribution in [0.4, 0.5) is 15.0 Å². The van der Waals surface area contributed by atoms with Gasteiger partial charge in [0.15, 0.2) is 9.84 Å². The van der Waals surface area contributed by atoms with Crippen LogP contribution in [0.1, 0.15) is 31.2 Å². The van der Waals surface area contributed by atoms with E-state index in [0.29, 0.717) is 56.4 Å². The maximum Gasteiger partial charge on any atom is 0.415 e. The Balaban J connectivity index is 1.29. The number of hydrogen-bond acceptors (Lipinski definition) is 7. The second-order valence-electron chi connectivity index (χ2n) is 11.0. The molecule has 2 saturated heterocycles. The van der Waals surface area contributed by atoms with Gasteiger partial charge >= 0.3 is 6.09 Å². The second kappa shape index (κ2) is 12.9. The summed E-state index contributed by atoms with van der Waals surface area (Å²) in [5, 5.41) is 0.599. The van der Waals surface area contributed by atoms with Crippen LogP contribution in [0.15, 0.2) is 71.8 Å². The molecule has 12 heteroatoms. The molecule has 2 aromatic carbocycles. The van der Waals surface area contributed by atoms with Gasteiger partial charge in [0, 0.05) is 62.0 Å². The second-order valence-corrected chi connectivity index (χ2v) is 13.4. The van der Waals surface area contributed by atoms with Gasteiger partial charge in [-0.25, -0.2) is 22.6 Å². The lowest BCUT2D eigenvalue weighted by atomic mass is 9.93. The summed E-state index contributed by atoms with van der Waals surface area (Å²) in [7, 11) is -3.33. The zero-order chi connectivity index (χ0) is 30.7. The van der Waals surface area contributed by atoms with Gasteiger partial charge in [0.05, 0.1) is 10.9 Å². The van der Waals surface area contributed by atoms with Crippen molar-refractivity contribution in [1.29, 1.82) is 0 Å². The van der Waals surface area contributed by atoms with E-state index in [1.54, 1.807) is 29.2 Å². The van der Waals surface area contributed by atoms with E-state index >= 15 is 0 Å². The van der Waals surface area contributed by atoms with Crippen LogP contribution in [-0.2, 0) is 14.6 Å². The van der Waals surface area contributed by atoms with E-state index in [1.807, 2.05) is 24.0 Å². The predicted octanol–water partition coefficient (Wildman–Crippen LogP) is 5.01. The Morgan fingerprint density at radius 2 is 1.70 bits per heavy atom. The van der Waals surface area contributed by atoms with E-state index in [0.717, 1.165) is 11.8 Å². The molecular formula is C31H34ClFN4O5S. The maximum atomic E-state index is 13.8. The predicted molar refractivity (Wildman–Crippen MR) is 162 cm³/mol. The largest absolute Gasteiger partial charge is 0.415 e. The first-order valence-electron chi connectivity index (χ1n) is 14.2. The van der Waals surface area contributed by atoms with Crippen LogP contribution in [0.5, 0.6) is 5.75 Å². The molecule has 0 bridgehead atoms. The molecule has 0 spiro atoms. The highest BCUT2D eigenvalue weighted by atomic mass is 35.5. The molecule has 0 aliphatic carbocycles. The molecule has 3 heterocycles. The minimum absolute atomic E-state index is 0.0458. The van der Waals surface area contributed by atoms with Gasteiger partial charge in [-0.05, 0) is 73.9 Å². The maximum absolute atomic E-state index is 13.8. The van der Waals surface area contributed by atoms with E-state index in [-0.39, 0.29) is 34.4 Å². The molecule has 2 aliphatic heterocycles. The quantitative estimate of drug-likeness (QED) is 0.363. The van der Waals surface area contributed by atoms with Gasteiger partial charge in [0.2, 0.25) is 5.91 Å². The van der Waals surface area contributed by atoms with Gasteiger partial charge in [-0.3, -0.25) is 4.79 Å².